The van der Waals surface area contributed by atoms with Crippen LogP contribution in [-0.2, 0) is 0 Å². The van der Waals surface area contributed by atoms with Gasteiger partial charge in [0.05, 0.1) is 10.5 Å². The number of carbonyl (C=O) groups excluding carboxylic acids is 1. The van der Waals surface area contributed by atoms with E-state index in [0.717, 1.165) is 5.39 Å². The minimum Gasteiger partial charge on any atom is -0.421 e. The summed E-state index contributed by atoms with van der Waals surface area (Å²) in [6.07, 6.45) is 1.63. The summed E-state index contributed by atoms with van der Waals surface area (Å²) >= 11 is 12.0. The van der Waals surface area contributed by atoms with E-state index in [1.165, 1.54) is 16.7 Å². The van der Waals surface area contributed by atoms with Crippen molar-refractivity contribution in [1.29, 1.82) is 0 Å². The first kappa shape index (κ1) is 15.0. The second-order valence-electron chi connectivity index (χ2n) is 5.30. The molecule has 0 bridgehead atoms. The molecule has 0 spiro atoms. The zero-order valence-electron chi connectivity index (χ0n) is 12.1. The van der Waals surface area contributed by atoms with E-state index in [1.807, 2.05) is 30.3 Å². The largest absolute Gasteiger partial charge is 0.421 e. The van der Waals surface area contributed by atoms with E-state index >= 15 is 0 Å². The first-order valence-corrected chi connectivity index (χ1v) is 7.84. The van der Waals surface area contributed by atoms with Gasteiger partial charge in [-0.1, -0.05) is 41.4 Å². The minimum absolute atomic E-state index is 0.0813. The van der Waals surface area contributed by atoms with Gasteiger partial charge >= 0.3 is 5.63 Å². The van der Waals surface area contributed by atoms with Gasteiger partial charge in [-0.3, -0.25) is 9.36 Å². The van der Waals surface area contributed by atoms with Crippen LogP contribution in [0, 0.1) is 0 Å². The number of carbonyl (C=O) groups is 1. The maximum absolute atomic E-state index is 12.8. The molecule has 2 heterocycles. The van der Waals surface area contributed by atoms with Crippen LogP contribution in [0.3, 0.4) is 0 Å². The molecule has 0 aliphatic rings. The monoisotopic (exact) mass is 357 g/mol. The number of rotatable bonds is 1. The molecule has 118 valence electrons. The van der Waals surface area contributed by atoms with E-state index in [1.54, 1.807) is 12.3 Å². The fourth-order valence-corrected chi connectivity index (χ4v) is 3.24. The molecule has 4 rings (SSSR count). The minimum atomic E-state index is -0.741. The van der Waals surface area contributed by atoms with Gasteiger partial charge in [-0.15, -0.1) is 0 Å². The van der Waals surface area contributed by atoms with E-state index in [2.05, 4.69) is 0 Å². The fraction of sp³-hybridized carbons (Fsp3) is 0. The predicted molar refractivity (Wildman–Crippen MR) is 94.2 cm³/mol. The third kappa shape index (κ3) is 2.31. The predicted octanol–water partition coefficient (Wildman–Crippen LogP) is 4.74. The first-order chi connectivity index (χ1) is 11.5. The highest BCUT2D eigenvalue weighted by Crippen LogP contribution is 2.27. The van der Waals surface area contributed by atoms with Crippen molar-refractivity contribution < 1.29 is 9.21 Å². The van der Waals surface area contributed by atoms with Crippen molar-refractivity contribution in [1.82, 2.24) is 4.57 Å². The van der Waals surface area contributed by atoms with Crippen molar-refractivity contribution >= 4 is 51.0 Å². The molecule has 0 fully saturated rings. The van der Waals surface area contributed by atoms with Crippen LogP contribution in [0.25, 0.3) is 21.9 Å². The van der Waals surface area contributed by atoms with E-state index in [9.17, 15) is 9.59 Å². The standard InChI is InChI=1S/C18H9Cl2NO3/c19-12-7-11-8-13(18(23)24-16(11)14(20)9-12)17(22)21-6-5-10-3-1-2-4-15(10)21/h1-9H. The molecule has 4 nitrogen and oxygen atoms in total. The lowest BCUT2D eigenvalue weighted by Crippen LogP contribution is -2.19. The summed E-state index contributed by atoms with van der Waals surface area (Å²) in [5.74, 6) is -0.469. The van der Waals surface area contributed by atoms with E-state index in [4.69, 9.17) is 27.6 Å². The highest BCUT2D eigenvalue weighted by molar-refractivity contribution is 6.38. The topological polar surface area (TPSA) is 52.2 Å². The molecule has 0 aliphatic heterocycles. The van der Waals surface area contributed by atoms with Crippen molar-refractivity contribution in [2.75, 3.05) is 0 Å². The van der Waals surface area contributed by atoms with Crippen LogP contribution in [0.5, 0.6) is 0 Å². The Hall–Kier alpha value is -2.56. The normalized spacial score (nSPS) is 11.2. The number of aromatic nitrogens is 1. The molecule has 0 aliphatic carbocycles. The molecular formula is C18H9Cl2NO3. The Labute approximate surface area is 145 Å². The third-order valence-corrected chi connectivity index (χ3v) is 4.30. The highest BCUT2D eigenvalue weighted by Gasteiger charge is 2.18. The molecule has 0 saturated heterocycles. The van der Waals surface area contributed by atoms with E-state index in [0.29, 0.717) is 15.9 Å². The molecule has 2 aromatic heterocycles. The molecule has 0 unspecified atom stereocenters. The molecule has 6 heteroatoms. The van der Waals surface area contributed by atoms with Crippen molar-refractivity contribution in [2.45, 2.75) is 0 Å². The summed E-state index contributed by atoms with van der Waals surface area (Å²) in [7, 11) is 0. The smallest absolute Gasteiger partial charge is 0.349 e. The molecule has 0 radical (unpaired) electrons. The Morgan fingerprint density at radius 3 is 2.62 bits per heavy atom. The van der Waals surface area contributed by atoms with Crippen LogP contribution >= 0.6 is 23.2 Å². The van der Waals surface area contributed by atoms with E-state index < -0.39 is 11.5 Å². The Morgan fingerprint density at radius 2 is 1.79 bits per heavy atom. The number of para-hydroxylation sites is 1. The summed E-state index contributed by atoms with van der Waals surface area (Å²) in [5, 5.41) is 2.01. The van der Waals surface area contributed by atoms with Crippen LogP contribution in [0.2, 0.25) is 10.0 Å². The molecule has 24 heavy (non-hydrogen) atoms. The number of hydrogen-bond acceptors (Lipinski definition) is 3. The van der Waals surface area contributed by atoms with Gasteiger partial charge in [-0.25, -0.2) is 4.79 Å². The van der Waals surface area contributed by atoms with Crippen LogP contribution in [0.15, 0.2) is 63.9 Å². The molecule has 0 atom stereocenters. The summed E-state index contributed by atoms with van der Waals surface area (Å²) in [6.45, 7) is 0. The van der Waals surface area contributed by atoms with Gasteiger partial charge in [0.15, 0.2) is 5.58 Å². The number of halogens is 2. The quantitative estimate of drug-likeness (QED) is 0.462. The Kier molecular flexibility index (Phi) is 3.44. The molecule has 0 amide bonds. The number of fused-ring (bicyclic) bond motifs is 2. The van der Waals surface area contributed by atoms with Gasteiger partial charge in [0.25, 0.3) is 5.91 Å². The van der Waals surface area contributed by atoms with Gasteiger partial charge in [-0.05, 0) is 30.3 Å². The number of nitrogens with zero attached hydrogens (tertiary/aromatic N) is 1. The van der Waals surface area contributed by atoms with Gasteiger partial charge in [-0.2, -0.15) is 0 Å². The summed E-state index contributed by atoms with van der Waals surface area (Å²) in [6, 6.07) is 13.7. The number of hydrogen-bond donors (Lipinski definition) is 0. The van der Waals surface area contributed by atoms with Crippen molar-refractivity contribution in [3.8, 4) is 0 Å². The lowest BCUT2D eigenvalue weighted by molar-refractivity contribution is 0.0961. The SMILES string of the molecule is O=C(c1cc2cc(Cl)cc(Cl)c2oc1=O)n1ccc2ccccc21. The molecule has 0 saturated carbocycles. The zero-order valence-corrected chi connectivity index (χ0v) is 13.6. The molecule has 2 aromatic carbocycles. The van der Waals surface area contributed by atoms with Gasteiger partial charge < -0.3 is 4.42 Å². The molecule has 4 aromatic rings. The van der Waals surface area contributed by atoms with Crippen LogP contribution in [0.4, 0.5) is 0 Å². The fourth-order valence-electron chi connectivity index (χ4n) is 2.70. The van der Waals surface area contributed by atoms with Gasteiger partial charge in [0, 0.05) is 22.0 Å². The summed E-state index contributed by atoms with van der Waals surface area (Å²) in [4.78, 5) is 25.0. The van der Waals surface area contributed by atoms with Gasteiger partial charge in [0.2, 0.25) is 0 Å². The average Bonchev–Trinajstić information content (AvgIpc) is 2.98. The van der Waals surface area contributed by atoms with Crippen molar-refractivity contribution in [2.24, 2.45) is 0 Å². The Balaban J connectivity index is 1.94. The second kappa shape index (κ2) is 5.51. The van der Waals surface area contributed by atoms with Crippen LogP contribution in [-0.4, -0.2) is 10.5 Å². The third-order valence-electron chi connectivity index (χ3n) is 3.80. The lowest BCUT2D eigenvalue weighted by Gasteiger charge is -2.06. The molecule has 0 N–H and O–H groups in total. The lowest BCUT2D eigenvalue weighted by atomic mass is 10.1. The van der Waals surface area contributed by atoms with E-state index in [-0.39, 0.29) is 16.2 Å². The van der Waals surface area contributed by atoms with Crippen LogP contribution < -0.4 is 5.63 Å². The number of benzene rings is 2. The summed E-state index contributed by atoms with van der Waals surface area (Å²) in [5.41, 5.74) is 0.0998. The first-order valence-electron chi connectivity index (χ1n) is 7.08. The maximum atomic E-state index is 12.8. The Morgan fingerprint density at radius 1 is 1.00 bits per heavy atom. The average molecular weight is 358 g/mol. The maximum Gasteiger partial charge on any atom is 0.349 e. The molecular weight excluding hydrogens is 349 g/mol. The Bertz CT molecular complexity index is 1170. The van der Waals surface area contributed by atoms with Crippen molar-refractivity contribution in [3.63, 3.8) is 0 Å². The second-order valence-corrected chi connectivity index (χ2v) is 6.15. The highest BCUT2D eigenvalue weighted by atomic mass is 35.5. The van der Waals surface area contributed by atoms with Gasteiger partial charge in [0.1, 0.15) is 5.56 Å². The zero-order chi connectivity index (χ0) is 16.8. The van der Waals surface area contributed by atoms with Crippen LogP contribution in [0.1, 0.15) is 10.4 Å². The van der Waals surface area contributed by atoms with Crippen molar-refractivity contribution in [3.05, 3.63) is 80.8 Å². The summed E-state index contributed by atoms with van der Waals surface area (Å²) < 4.78 is 6.65.